The van der Waals surface area contributed by atoms with Crippen LogP contribution in [0.1, 0.15) is 0 Å². The standard InChI is InChI=1S/C19H14BFN2O4S2/c20-6-7-22-29(26,27)15-4-1-10(9-12(15)21)16-14(24)3-2-13-17(16)11-5-8-28-18(11)19(25)23-13/h1-5,8-9,22,24H,6-7H2,(H,23,25). The van der Waals surface area contributed by atoms with Gasteiger partial charge in [0.15, 0.2) is 0 Å². The maximum Gasteiger partial charge on any atom is 0.266 e. The molecule has 10 heteroatoms. The molecule has 0 bridgehead atoms. The first-order valence-electron chi connectivity index (χ1n) is 8.58. The van der Waals surface area contributed by atoms with E-state index in [2.05, 4.69) is 9.71 Å². The van der Waals surface area contributed by atoms with Gasteiger partial charge in [-0.2, -0.15) is 0 Å². The molecule has 0 aliphatic rings. The number of phenolic OH excluding ortho intramolecular Hbond substituents is 1. The van der Waals surface area contributed by atoms with E-state index in [1.165, 1.54) is 23.5 Å². The largest absolute Gasteiger partial charge is 0.507 e. The number of nitrogens with one attached hydrogen (secondary N) is 2. The Morgan fingerprint density at radius 3 is 2.72 bits per heavy atom. The maximum absolute atomic E-state index is 14.7. The minimum atomic E-state index is -4.05. The quantitative estimate of drug-likeness (QED) is 0.426. The van der Waals surface area contributed by atoms with Crippen molar-refractivity contribution in [1.82, 2.24) is 9.71 Å². The van der Waals surface area contributed by atoms with Crippen LogP contribution in [0, 0.1) is 5.82 Å². The fourth-order valence-corrected chi connectivity index (χ4v) is 5.17. The summed E-state index contributed by atoms with van der Waals surface area (Å²) < 4.78 is 41.9. The lowest BCUT2D eigenvalue weighted by Crippen LogP contribution is -2.25. The summed E-state index contributed by atoms with van der Waals surface area (Å²) in [6, 6.07) is 8.33. The highest BCUT2D eigenvalue weighted by molar-refractivity contribution is 7.89. The SMILES string of the molecule is [B]CCNS(=O)(=O)c1ccc(-c2c(O)ccc3[nH]c(=O)c4sccc4c23)cc1F. The maximum atomic E-state index is 14.7. The number of sulfonamides is 1. The highest BCUT2D eigenvalue weighted by Gasteiger charge is 2.21. The second kappa shape index (κ2) is 7.29. The van der Waals surface area contributed by atoms with Crippen LogP contribution < -0.4 is 10.3 Å². The Kier molecular flexibility index (Phi) is 4.93. The molecule has 29 heavy (non-hydrogen) atoms. The Balaban J connectivity index is 1.96. The van der Waals surface area contributed by atoms with Gasteiger partial charge in [-0.3, -0.25) is 4.79 Å². The highest BCUT2D eigenvalue weighted by atomic mass is 32.2. The first-order valence-corrected chi connectivity index (χ1v) is 10.9. The van der Waals surface area contributed by atoms with Crippen LogP contribution in [0.4, 0.5) is 4.39 Å². The van der Waals surface area contributed by atoms with Crippen LogP contribution in [0.3, 0.4) is 0 Å². The number of phenols is 1. The van der Waals surface area contributed by atoms with Gasteiger partial charge in [0.2, 0.25) is 10.0 Å². The van der Waals surface area contributed by atoms with Gasteiger partial charge in [-0.05, 0) is 41.3 Å². The van der Waals surface area contributed by atoms with Crippen LogP contribution in [0.25, 0.3) is 32.1 Å². The van der Waals surface area contributed by atoms with Crippen LogP contribution in [-0.4, -0.2) is 32.9 Å². The van der Waals surface area contributed by atoms with E-state index >= 15 is 0 Å². The molecule has 0 aliphatic carbocycles. The molecule has 4 aromatic rings. The van der Waals surface area contributed by atoms with Gasteiger partial charge in [0, 0.05) is 28.4 Å². The number of aromatic nitrogens is 1. The topological polar surface area (TPSA) is 99.3 Å². The first-order chi connectivity index (χ1) is 13.8. The Labute approximate surface area is 170 Å². The molecule has 0 aliphatic heterocycles. The smallest absolute Gasteiger partial charge is 0.266 e. The summed E-state index contributed by atoms with van der Waals surface area (Å²) in [5.74, 6) is -1.08. The minimum absolute atomic E-state index is 0.0167. The molecular weight excluding hydrogens is 414 g/mol. The number of thiophene rings is 1. The predicted molar refractivity (Wildman–Crippen MR) is 113 cm³/mol. The molecule has 0 spiro atoms. The van der Waals surface area contributed by atoms with Crippen molar-refractivity contribution >= 4 is 50.2 Å². The molecule has 0 unspecified atom stereocenters. The fraction of sp³-hybridized carbons (Fsp3) is 0.105. The van der Waals surface area contributed by atoms with Crippen molar-refractivity contribution in [3.8, 4) is 16.9 Å². The van der Waals surface area contributed by atoms with Crippen molar-refractivity contribution in [3.05, 3.63) is 57.9 Å². The summed E-state index contributed by atoms with van der Waals surface area (Å²) in [4.78, 5) is 14.5. The van der Waals surface area contributed by atoms with Crippen LogP contribution in [0.2, 0.25) is 6.32 Å². The van der Waals surface area contributed by atoms with E-state index in [0.29, 0.717) is 26.6 Å². The molecule has 3 N–H and O–H groups in total. The fourth-order valence-electron chi connectivity index (χ4n) is 3.27. The number of H-pyrrole nitrogens is 1. The third-order valence-electron chi connectivity index (χ3n) is 4.52. The van der Waals surface area contributed by atoms with Crippen molar-refractivity contribution in [2.24, 2.45) is 0 Å². The van der Waals surface area contributed by atoms with Gasteiger partial charge in [-0.1, -0.05) is 12.4 Å². The molecule has 2 heterocycles. The molecule has 2 aromatic carbocycles. The molecule has 146 valence electrons. The zero-order valence-electron chi connectivity index (χ0n) is 14.9. The number of hydrogen-bond acceptors (Lipinski definition) is 5. The van der Waals surface area contributed by atoms with Crippen molar-refractivity contribution in [3.63, 3.8) is 0 Å². The van der Waals surface area contributed by atoms with E-state index in [0.717, 1.165) is 12.1 Å². The molecule has 4 rings (SSSR count). The Hall–Kier alpha value is -2.69. The average Bonchev–Trinajstić information content (AvgIpc) is 3.17. The summed E-state index contributed by atoms with van der Waals surface area (Å²) >= 11 is 1.26. The normalized spacial score (nSPS) is 12.0. The molecular formula is C19H14BFN2O4S2. The lowest BCUT2D eigenvalue weighted by atomic mass is 9.97. The van der Waals surface area contributed by atoms with Gasteiger partial charge in [0.1, 0.15) is 21.2 Å². The number of halogens is 1. The molecule has 0 saturated heterocycles. The minimum Gasteiger partial charge on any atom is -0.507 e. The van der Waals surface area contributed by atoms with E-state index in [-0.39, 0.29) is 29.7 Å². The Morgan fingerprint density at radius 1 is 1.21 bits per heavy atom. The molecule has 6 nitrogen and oxygen atoms in total. The number of rotatable bonds is 5. The van der Waals surface area contributed by atoms with Gasteiger partial charge in [0.25, 0.3) is 5.56 Å². The lowest BCUT2D eigenvalue weighted by Gasteiger charge is -2.12. The molecule has 0 amide bonds. The number of benzene rings is 2. The second-order valence-electron chi connectivity index (χ2n) is 6.33. The zero-order valence-corrected chi connectivity index (χ0v) is 16.5. The first kappa shape index (κ1) is 19.6. The summed E-state index contributed by atoms with van der Waals surface area (Å²) in [6.07, 6.45) is 0.0810. The van der Waals surface area contributed by atoms with Crippen molar-refractivity contribution in [2.75, 3.05) is 6.54 Å². The van der Waals surface area contributed by atoms with E-state index in [4.69, 9.17) is 7.85 Å². The van der Waals surface area contributed by atoms with Crippen LogP contribution in [0.15, 0.2) is 51.5 Å². The van der Waals surface area contributed by atoms with Crippen molar-refractivity contribution in [1.29, 1.82) is 0 Å². The number of hydrogen-bond donors (Lipinski definition) is 3. The second-order valence-corrected chi connectivity index (χ2v) is 8.98. The lowest BCUT2D eigenvalue weighted by molar-refractivity contribution is 0.478. The molecule has 2 aromatic heterocycles. The van der Waals surface area contributed by atoms with Crippen molar-refractivity contribution in [2.45, 2.75) is 11.2 Å². The highest BCUT2D eigenvalue weighted by Crippen LogP contribution is 2.40. The Bertz CT molecular complexity index is 1410. The molecule has 0 atom stereocenters. The number of pyridine rings is 1. The van der Waals surface area contributed by atoms with Gasteiger partial charge >= 0.3 is 0 Å². The molecule has 0 fully saturated rings. The summed E-state index contributed by atoms with van der Waals surface area (Å²) in [5.41, 5.74) is 0.816. The predicted octanol–water partition coefficient (Wildman–Crippen LogP) is 3.12. The number of fused-ring (bicyclic) bond motifs is 3. The van der Waals surface area contributed by atoms with Crippen LogP contribution in [-0.2, 0) is 10.0 Å². The number of aromatic amines is 1. The number of aromatic hydroxyl groups is 1. The third-order valence-corrected chi connectivity index (χ3v) is 6.93. The van der Waals surface area contributed by atoms with Gasteiger partial charge in [-0.25, -0.2) is 17.5 Å². The summed E-state index contributed by atoms with van der Waals surface area (Å²) in [6.45, 7) is -0.0167. The van der Waals surface area contributed by atoms with Crippen LogP contribution in [0.5, 0.6) is 5.75 Å². The van der Waals surface area contributed by atoms with E-state index < -0.39 is 20.7 Å². The van der Waals surface area contributed by atoms with E-state index in [1.54, 1.807) is 17.5 Å². The Morgan fingerprint density at radius 2 is 2.00 bits per heavy atom. The monoisotopic (exact) mass is 428 g/mol. The van der Waals surface area contributed by atoms with Gasteiger partial charge in [0.05, 0.1) is 7.85 Å². The molecule has 0 saturated carbocycles. The van der Waals surface area contributed by atoms with E-state index in [9.17, 15) is 22.7 Å². The van der Waals surface area contributed by atoms with Crippen LogP contribution >= 0.6 is 11.3 Å². The molecule has 2 radical (unpaired) electrons. The van der Waals surface area contributed by atoms with Gasteiger partial charge < -0.3 is 10.1 Å². The third kappa shape index (κ3) is 3.33. The summed E-state index contributed by atoms with van der Waals surface area (Å²) in [7, 11) is 1.25. The zero-order chi connectivity index (χ0) is 20.8. The van der Waals surface area contributed by atoms with Crippen molar-refractivity contribution < 1.29 is 17.9 Å². The van der Waals surface area contributed by atoms with Gasteiger partial charge in [-0.15, -0.1) is 11.3 Å². The summed E-state index contributed by atoms with van der Waals surface area (Å²) in [5, 5.41) is 13.4. The average molecular weight is 428 g/mol. The van der Waals surface area contributed by atoms with E-state index in [1.807, 2.05) is 0 Å².